The van der Waals surface area contributed by atoms with Crippen molar-refractivity contribution in [3.05, 3.63) is 97.3 Å². The summed E-state index contributed by atoms with van der Waals surface area (Å²) in [5.41, 5.74) is -5.20. The van der Waals surface area contributed by atoms with Gasteiger partial charge in [-0.3, -0.25) is 8.42 Å². The van der Waals surface area contributed by atoms with Crippen LogP contribution in [0, 0.1) is 6.26 Å². The highest BCUT2D eigenvalue weighted by molar-refractivity contribution is 7.97. The maximum absolute atomic E-state index is 10.9. The predicted molar refractivity (Wildman–Crippen MR) is 102 cm³/mol. The van der Waals surface area contributed by atoms with E-state index >= 15 is 0 Å². The van der Waals surface area contributed by atoms with Crippen molar-refractivity contribution in [2.75, 3.05) is 0 Å². The SMILES string of the molecule is [CH2-]S(=O)(=O)C(F)(F)F.c1ccc([S+](c2ccccc2)c2ccccc2)cc1. The summed E-state index contributed by atoms with van der Waals surface area (Å²) in [4.78, 5) is 4.08. The first-order valence-corrected chi connectivity index (χ1v) is 10.6. The van der Waals surface area contributed by atoms with Crippen LogP contribution < -0.4 is 0 Å². The Morgan fingerprint density at radius 1 is 0.630 bits per heavy atom. The molecule has 3 rings (SSSR count). The van der Waals surface area contributed by atoms with Crippen LogP contribution in [0.25, 0.3) is 0 Å². The van der Waals surface area contributed by atoms with Crippen molar-refractivity contribution in [2.45, 2.75) is 20.2 Å². The number of halogens is 3. The average molecular weight is 410 g/mol. The molecule has 0 saturated heterocycles. The number of hydrogen-bond donors (Lipinski definition) is 0. The summed E-state index contributed by atoms with van der Waals surface area (Å²) in [7, 11) is -5.10. The monoisotopic (exact) mass is 410 g/mol. The van der Waals surface area contributed by atoms with Crippen LogP contribution in [0.3, 0.4) is 0 Å². The summed E-state index contributed by atoms with van der Waals surface area (Å²) in [6.45, 7) is 0. The van der Waals surface area contributed by atoms with E-state index in [0.717, 1.165) is 0 Å². The molecule has 0 heterocycles. The first kappa shape index (κ1) is 21.1. The largest absolute Gasteiger partial charge is 0.468 e. The van der Waals surface area contributed by atoms with Crippen LogP contribution in [0.1, 0.15) is 0 Å². The van der Waals surface area contributed by atoms with E-state index in [9.17, 15) is 21.6 Å². The van der Waals surface area contributed by atoms with Crippen molar-refractivity contribution in [1.29, 1.82) is 0 Å². The molecule has 0 aromatic heterocycles. The summed E-state index contributed by atoms with van der Waals surface area (Å²) < 4.78 is 51.6. The fourth-order valence-corrected chi connectivity index (χ4v) is 4.18. The van der Waals surface area contributed by atoms with Gasteiger partial charge in [0.2, 0.25) is 0 Å². The van der Waals surface area contributed by atoms with E-state index in [1.54, 1.807) is 0 Å². The molecule has 0 spiro atoms. The van der Waals surface area contributed by atoms with Gasteiger partial charge in [-0.15, -0.1) is 0 Å². The van der Waals surface area contributed by atoms with E-state index in [0.29, 0.717) is 0 Å². The van der Waals surface area contributed by atoms with Crippen LogP contribution in [0.15, 0.2) is 106 Å². The Kier molecular flexibility index (Phi) is 7.10. The molecular formula is C20H17F3O2S2. The highest BCUT2D eigenvalue weighted by Crippen LogP contribution is 2.30. The van der Waals surface area contributed by atoms with Crippen molar-refractivity contribution < 1.29 is 21.6 Å². The van der Waals surface area contributed by atoms with Crippen LogP contribution >= 0.6 is 0 Å². The molecule has 0 fully saturated rings. The molecule has 0 radical (unpaired) electrons. The summed E-state index contributed by atoms with van der Waals surface area (Å²) in [5, 5.41) is 0. The summed E-state index contributed by atoms with van der Waals surface area (Å²) in [6, 6.07) is 32.2. The average Bonchev–Trinajstić information content (AvgIpc) is 2.64. The Hall–Kier alpha value is -2.25. The second kappa shape index (κ2) is 9.10. The maximum Gasteiger partial charge on any atom is 0.468 e. The van der Waals surface area contributed by atoms with Crippen molar-refractivity contribution in [3.63, 3.8) is 0 Å². The third-order valence-electron chi connectivity index (χ3n) is 3.29. The minimum atomic E-state index is -5.20. The highest BCUT2D eigenvalue weighted by atomic mass is 32.2. The number of sulfone groups is 1. The van der Waals surface area contributed by atoms with Gasteiger partial charge in [0.1, 0.15) is 9.84 Å². The van der Waals surface area contributed by atoms with Gasteiger partial charge in [0.05, 0.1) is 10.9 Å². The fraction of sp³-hybridized carbons (Fsp3) is 0.0500. The topological polar surface area (TPSA) is 34.1 Å². The molecular weight excluding hydrogens is 393 g/mol. The number of benzene rings is 3. The van der Waals surface area contributed by atoms with Gasteiger partial charge < -0.3 is 0 Å². The minimum absolute atomic E-state index is 0.0146. The molecule has 0 unspecified atom stereocenters. The van der Waals surface area contributed by atoms with E-state index in [1.165, 1.54) is 14.7 Å². The normalized spacial score (nSPS) is 11.6. The molecule has 3 aromatic rings. The van der Waals surface area contributed by atoms with Gasteiger partial charge in [0.15, 0.2) is 14.7 Å². The van der Waals surface area contributed by atoms with Gasteiger partial charge in [-0.2, -0.15) is 13.2 Å². The molecule has 0 N–H and O–H groups in total. The zero-order chi connectivity index (χ0) is 19.9. The second-order valence-electron chi connectivity index (χ2n) is 5.31. The lowest BCUT2D eigenvalue weighted by Gasteiger charge is -2.07. The van der Waals surface area contributed by atoms with Crippen LogP contribution in [0.4, 0.5) is 13.2 Å². The molecule has 27 heavy (non-hydrogen) atoms. The molecule has 0 aliphatic carbocycles. The first-order chi connectivity index (χ1) is 12.7. The third-order valence-corrected chi connectivity index (χ3v) is 6.23. The fourth-order valence-electron chi connectivity index (χ4n) is 2.08. The van der Waals surface area contributed by atoms with Crippen molar-refractivity contribution in [3.8, 4) is 0 Å². The third kappa shape index (κ3) is 6.15. The Bertz CT molecular complexity index is 833. The molecule has 0 atom stereocenters. The van der Waals surface area contributed by atoms with Gasteiger partial charge in [-0.05, 0) is 36.4 Å². The molecule has 0 aliphatic heterocycles. The molecule has 142 valence electrons. The van der Waals surface area contributed by atoms with Crippen molar-refractivity contribution in [1.82, 2.24) is 0 Å². The Balaban J connectivity index is 0.000000279. The lowest BCUT2D eigenvalue weighted by Crippen LogP contribution is -2.19. The van der Waals surface area contributed by atoms with E-state index in [4.69, 9.17) is 0 Å². The summed E-state index contributed by atoms with van der Waals surface area (Å²) in [6.07, 6.45) is 1.89. The minimum Gasteiger partial charge on any atom is -0.254 e. The molecule has 0 saturated carbocycles. The Labute approximate surface area is 159 Å². The van der Waals surface area contributed by atoms with Gasteiger partial charge in [0.25, 0.3) is 0 Å². The second-order valence-corrected chi connectivity index (χ2v) is 9.02. The smallest absolute Gasteiger partial charge is 0.254 e. The van der Waals surface area contributed by atoms with E-state index < -0.39 is 15.3 Å². The summed E-state index contributed by atoms with van der Waals surface area (Å²) in [5.74, 6) is 0. The number of hydrogen-bond acceptors (Lipinski definition) is 2. The lowest BCUT2D eigenvalue weighted by atomic mass is 10.4. The van der Waals surface area contributed by atoms with E-state index in [1.807, 2.05) is 6.26 Å². The van der Waals surface area contributed by atoms with Crippen LogP contribution in [-0.4, -0.2) is 13.9 Å². The van der Waals surface area contributed by atoms with Gasteiger partial charge in [-0.1, -0.05) is 54.6 Å². The molecule has 0 bridgehead atoms. The molecule has 2 nitrogen and oxygen atoms in total. The van der Waals surface area contributed by atoms with Crippen LogP contribution in [-0.2, 0) is 20.7 Å². The van der Waals surface area contributed by atoms with E-state index in [-0.39, 0.29) is 10.9 Å². The molecule has 7 heteroatoms. The molecule has 3 aromatic carbocycles. The first-order valence-electron chi connectivity index (χ1n) is 7.74. The van der Waals surface area contributed by atoms with Crippen molar-refractivity contribution in [2.24, 2.45) is 0 Å². The van der Waals surface area contributed by atoms with Gasteiger partial charge in [-0.25, -0.2) is 6.26 Å². The number of alkyl halides is 3. The van der Waals surface area contributed by atoms with Crippen LogP contribution in [0.2, 0.25) is 0 Å². The lowest BCUT2D eigenvalue weighted by molar-refractivity contribution is -0.0424. The zero-order valence-corrected chi connectivity index (χ0v) is 15.8. The van der Waals surface area contributed by atoms with Gasteiger partial charge >= 0.3 is 5.51 Å². The predicted octanol–water partition coefficient (Wildman–Crippen LogP) is 5.49. The Morgan fingerprint density at radius 2 is 0.852 bits per heavy atom. The quantitative estimate of drug-likeness (QED) is 0.422. The molecule has 0 aliphatic rings. The maximum atomic E-state index is 10.9. The Morgan fingerprint density at radius 3 is 1.04 bits per heavy atom. The molecule has 0 amide bonds. The highest BCUT2D eigenvalue weighted by Gasteiger charge is 2.35. The summed E-state index contributed by atoms with van der Waals surface area (Å²) >= 11 is 0. The standard InChI is InChI=1S/C18H15S.C2H2F3O2S/c1-4-10-16(11-5-1)19(17-12-6-2-7-13-17)18-14-8-3-9-15-18;1-8(6,7)2(3,4)5/h1-15H;1H2/q+1;-1. The zero-order valence-electron chi connectivity index (χ0n) is 14.1. The van der Waals surface area contributed by atoms with E-state index in [2.05, 4.69) is 91.0 Å². The van der Waals surface area contributed by atoms with Gasteiger partial charge in [0, 0.05) is 0 Å². The van der Waals surface area contributed by atoms with Crippen LogP contribution in [0.5, 0.6) is 0 Å². The van der Waals surface area contributed by atoms with Crippen molar-refractivity contribution >= 4 is 20.7 Å². The number of rotatable bonds is 3.